The van der Waals surface area contributed by atoms with Gasteiger partial charge in [-0.05, 0) is 56.5 Å². The fourth-order valence-electron chi connectivity index (χ4n) is 1.88. The molecule has 1 rings (SSSR count). The Hall–Kier alpha value is -1.32. The zero-order valence-electron chi connectivity index (χ0n) is 12.3. The van der Waals surface area contributed by atoms with E-state index in [1.807, 2.05) is 6.92 Å². The quantitative estimate of drug-likeness (QED) is 0.568. The highest BCUT2D eigenvalue weighted by molar-refractivity contribution is 6.34. The first-order valence-corrected chi connectivity index (χ1v) is 7.41. The number of benzene rings is 1. The molecule has 114 valence electrons. The summed E-state index contributed by atoms with van der Waals surface area (Å²) < 4.78 is 4.91. The Bertz CT molecular complexity index is 565. The molecule has 0 aliphatic heterocycles. The summed E-state index contributed by atoms with van der Waals surface area (Å²) in [5.41, 5.74) is 1.65. The van der Waals surface area contributed by atoms with Crippen LogP contribution in [0.15, 0.2) is 24.3 Å². The van der Waals surface area contributed by atoms with E-state index in [1.165, 1.54) is 6.92 Å². The average Bonchev–Trinajstić information content (AvgIpc) is 2.41. The van der Waals surface area contributed by atoms with Crippen LogP contribution in [0.25, 0.3) is 5.57 Å². The van der Waals surface area contributed by atoms with Crippen molar-refractivity contribution in [2.24, 2.45) is 5.92 Å². The number of carbonyl (C=O) groups is 2. The molecule has 0 N–H and O–H groups in total. The van der Waals surface area contributed by atoms with Crippen LogP contribution in [0.2, 0.25) is 10.0 Å². The average molecular weight is 329 g/mol. The molecule has 0 saturated carbocycles. The topological polar surface area (TPSA) is 43.4 Å². The molecule has 0 bridgehead atoms. The van der Waals surface area contributed by atoms with Gasteiger partial charge in [-0.25, -0.2) is 0 Å². The number of carbonyl (C=O) groups excluding carboxylic acids is 2. The number of esters is 1. The SMILES string of the molecule is CCOC(=O)C(C/C=C(/C)c1cc(Cl)ccc1Cl)C(C)=O. The molecule has 5 heteroatoms. The lowest BCUT2D eigenvalue weighted by atomic mass is 9.98. The van der Waals surface area contributed by atoms with Gasteiger partial charge in [-0.1, -0.05) is 29.3 Å². The van der Waals surface area contributed by atoms with Crippen molar-refractivity contribution in [3.05, 3.63) is 39.9 Å². The van der Waals surface area contributed by atoms with Gasteiger partial charge in [-0.3, -0.25) is 9.59 Å². The van der Waals surface area contributed by atoms with E-state index in [9.17, 15) is 9.59 Å². The highest BCUT2D eigenvalue weighted by atomic mass is 35.5. The third-order valence-corrected chi connectivity index (χ3v) is 3.64. The molecule has 0 aromatic heterocycles. The smallest absolute Gasteiger partial charge is 0.316 e. The standard InChI is InChI=1S/C16H18Cl2O3/c1-4-21-16(20)13(11(3)19)7-5-10(2)14-9-12(17)6-8-15(14)18/h5-6,8-9,13H,4,7H2,1-3H3/b10-5-. The number of ketones is 1. The van der Waals surface area contributed by atoms with Crippen molar-refractivity contribution in [1.82, 2.24) is 0 Å². The van der Waals surface area contributed by atoms with E-state index in [0.717, 1.165) is 11.1 Å². The first-order valence-electron chi connectivity index (χ1n) is 6.66. The van der Waals surface area contributed by atoms with E-state index < -0.39 is 11.9 Å². The Morgan fingerprint density at radius 2 is 1.95 bits per heavy atom. The lowest BCUT2D eigenvalue weighted by Crippen LogP contribution is -2.23. The summed E-state index contributed by atoms with van der Waals surface area (Å²) in [6, 6.07) is 5.17. The molecular formula is C16H18Cl2O3. The van der Waals surface area contributed by atoms with Gasteiger partial charge in [0.2, 0.25) is 0 Å². The van der Waals surface area contributed by atoms with Gasteiger partial charge < -0.3 is 4.74 Å². The maximum Gasteiger partial charge on any atom is 0.316 e. The van der Waals surface area contributed by atoms with Crippen LogP contribution in [-0.4, -0.2) is 18.4 Å². The largest absolute Gasteiger partial charge is 0.465 e. The van der Waals surface area contributed by atoms with Crippen LogP contribution in [0.5, 0.6) is 0 Å². The normalized spacial score (nSPS) is 12.9. The highest BCUT2D eigenvalue weighted by Crippen LogP contribution is 2.27. The van der Waals surface area contributed by atoms with E-state index in [0.29, 0.717) is 10.0 Å². The molecule has 1 atom stereocenters. The first-order chi connectivity index (χ1) is 9.86. The lowest BCUT2D eigenvalue weighted by molar-refractivity contribution is -0.150. The highest BCUT2D eigenvalue weighted by Gasteiger charge is 2.23. The van der Waals surface area contributed by atoms with E-state index in [2.05, 4.69) is 0 Å². The third-order valence-electron chi connectivity index (χ3n) is 3.07. The zero-order valence-corrected chi connectivity index (χ0v) is 13.8. The number of Topliss-reactive ketones (excluding diaryl/α,β-unsaturated/α-hetero) is 1. The Morgan fingerprint density at radius 3 is 2.52 bits per heavy atom. The van der Waals surface area contributed by atoms with E-state index in [4.69, 9.17) is 27.9 Å². The van der Waals surface area contributed by atoms with Gasteiger partial charge in [-0.2, -0.15) is 0 Å². The van der Waals surface area contributed by atoms with E-state index >= 15 is 0 Å². The third kappa shape index (κ3) is 5.18. The summed E-state index contributed by atoms with van der Waals surface area (Å²) >= 11 is 12.1. The predicted molar refractivity (Wildman–Crippen MR) is 85.5 cm³/mol. The van der Waals surface area contributed by atoms with E-state index in [1.54, 1.807) is 31.2 Å². The van der Waals surface area contributed by atoms with Crippen LogP contribution in [0.3, 0.4) is 0 Å². The summed E-state index contributed by atoms with van der Waals surface area (Å²) in [5, 5.41) is 1.15. The molecule has 0 aliphatic rings. The lowest BCUT2D eigenvalue weighted by Gasteiger charge is -2.11. The van der Waals surface area contributed by atoms with Gasteiger partial charge >= 0.3 is 5.97 Å². The fraction of sp³-hybridized carbons (Fsp3) is 0.375. The predicted octanol–water partition coefficient (Wildman–Crippen LogP) is 4.56. The molecule has 0 amide bonds. The summed E-state index contributed by atoms with van der Waals surface area (Å²) in [6.45, 7) is 5.21. The molecule has 0 aliphatic carbocycles. The second-order valence-electron chi connectivity index (χ2n) is 4.66. The Kier molecular flexibility index (Phi) is 6.93. The molecule has 0 saturated heterocycles. The maximum absolute atomic E-state index is 11.7. The number of ether oxygens (including phenoxy) is 1. The molecule has 0 spiro atoms. The van der Waals surface area contributed by atoms with E-state index in [-0.39, 0.29) is 18.8 Å². The van der Waals surface area contributed by atoms with Crippen molar-refractivity contribution in [3.63, 3.8) is 0 Å². The van der Waals surface area contributed by atoms with Gasteiger partial charge in [0.1, 0.15) is 11.7 Å². The summed E-state index contributed by atoms with van der Waals surface area (Å²) in [4.78, 5) is 23.3. The summed E-state index contributed by atoms with van der Waals surface area (Å²) in [6.07, 6.45) is 2.09. The molecule has 3 nitrogen and oxygen atoms in total. The molecule has 0 fully saturated rings. The Balaban J connectivity index is 2.93. The van der Waals surface area contributed by atoms with Crippen molar-refractivity contribution in [2.75, 3.05) is 6.61 Å². The van der Waals surface area contributed by atoms with Gasteiger partial charge in [0.05, 0.1) is 6.61 Å². The van der Waals surface area contributed by atoms with Gasteiger partial charge in [0, 0.05) is 10.0 Å². The molecule has 0 heterocycles. The molecule has 21 heavy (non-hydrogen) atoms. The van der Waals surface area contributed by atoms with Crippen LogP contribution in [0.1, 0.15) is 32.8 Å². The Labute approximate surface area is 134 Å². The minimum Gasteiger partial charge on any atom is -0.465 e. The van der Waals surface area contributed by atoms with Crippen molar-refractivity contribution < 1.29 is 14.3 Å². The molecule has 1 aromatic rings. The van der Waals surface area contributed by atoms with Crippen molar-refractivity contribution in [1.29, 1.82) is 0 Å². The number of allylic oxidation sites excluding steroid dienone is 2. The minimum atomic E-state index is -0.780. The van der Waals surface area contributed by atoms with Gasteiger partial charge in [0.25, 0.3) is 0 Å². The van der Waals surface area contributed by atoms with Gasteiger partial charge in [0.15, 0.2) is 0 Å². The molecule has 1 aromatic carbocycles. The molecule has 0 radical (unpaired) electrons. The monoisotopic (exact) mass is 328 g/mol. The zero-order chi connectivity index (χ0) is 16.0. The summed E-state index contributed by atoms with van der Waals surface area (Å²) in [7, 11) is 0. The Morgan fingerprint density at radius 1 is 1.29 bits per heavy atom. The number of rotatable bonds is 6. The van der Waals surface area contributed by atoms with Crippen LogP contribution in [-0.2, 0) is 14.3 Å². The molecular weight excluding hydrogens is 311 g/mol. The van der Waals surface area contributed by atoms with Crippen LogP contribution in [0.4, 0.5) is 0 Å². The van der Waals surface area contributed by atoms with Crippen LogP contribution in [0, 0.1) is 5.92 Å². The molecule has 1 unspecified atom stereocenters. The van der Waals surface area contributed by atoms with Crippen LogP contribution < -0.4 is 0 Å². The van der Waals surface area contributed by atoms with Gasteiger partial charge in [-0.15, -0.1) is 0 Å². The summed E-state index contributed by atoms with van der Waals surface area (Å²) in [5.74, 6) is -1.49. The van der Waals surface area contributed by atoms with Crippen LogP contribution >= 0.6 is 23.2 Å². The number of hydrogen-bond donors (Lipinski definition) is 0. The minimum absolute atomic E-state index is 0.213. The van der Waals surface area contributed by atoms with Crippen molar-refractivity contribution in [2.45, 2.75) is 27.2 Å². The van der Waals surface area contributed by atoms with Crippen molar-refractivity contribution >= 4 is 40.5 Å². The first kappa shape index (κ1) is 17.7. The number of halogens is 2. The second-order valence-corrected chi connectivity index (χ2v) is 5.51. The fourth-order valence-corrected chi connectivity index (χ4v) is 2.31. The number of hydrogen-bond acceptors (Lipinski definition) is 3. The second kappa shape index (κ2) is 8.20. The maximum atomic E-state index is 11.7. The van der Waals surface area contributed by atoms with Crippen molar-refractivity contribution in [3.8, 4) is 0 Å².